The fourth-order valence-electron chi connectivity index (χ4n) is 1.80. The van der Waals surface area contributed by atoms with Crippen molar-refractivity contribution < 1.29 is 9.21 Å². The topological polar surface area (TPSA) is 68.3 Å². The average Bonchev–Trinajstić information content (AvgIpc) is 2.90. The summed E-state index contributed by atoms with van der Waals surface area (Å²) in [6.07, 6.45) is 1.87. The summed E-state index contributed by atoms with van der Waals surface area (Å²) in [7, 11) is 0. The molecule has 4 heteroatoms. The van der Waals surface area contributed by atoms with E-state index in [1.54, 1.807) is 6.26 Å². The molecule has 0 aliphatic rings. The van der Waals surface area contributed by atoms with Crippen molar-refractivity contribution in [1.29, 1.82) is 0 Å². The molecule has 0 fully saturated rings. The first kappa shape index (κ1) is 11.4. The molecule has 0 saturated carbocycles. The van der Waals surface area contributed by atoms with Gasteiger partial charge in [0.1, 0.15) is 5.76 Å². The van der Waals surface area contributed by atoms with E-state index in [4.69, 9.17) is 10.3 Å². The Morgan fingerprint density at radius 3 is 2.59 bits per heavy atom. The Morgan fingerprint density at radius 2 is 2.00 bits per heavy atom. The van der Waals surface area contributed by atoms with Crippen LogP contribution in [0.15, 0.2) is 53.1 Å². The fraction of sp³-hybridized carbons (Fsp3) is 0.154. The van der Waals surface area contributed by atoms with E-state index in [-0.39, 0.29) is 18.2 Å². The first-order valence-corrected chi connectivity index (χ1v) is 5.39. The maximum atomic E-state index is 11.4. The molecule has 2 rings (SSSR count). The monoisotopic (exact) mass is 230 g/mol. The van der Waals surface area contributed by atoms with Crippen LogP contribution in [0.5, 0.6) is 0 Å². The molecule has 0 aliphatic carbocycles. The maximum absolute atomic E-state index is 11.4. The molecular formula is C13H14N2O2. The minimum Gasteiger partial charge on any atom is -0.469 e. The third-order valence-corrected chi connectivity index (χ3v) is 2.64. The summed E-state index contributed by atoms with van der Waals surface area (Å²) in [5.41, 5.74) is 3.18. The van der Waals surface area contributed by atoms with E-state index < -0.39 is 0 Å². The standard InChI is InChI=1S/C13H14N2O2/c14-15-13(16)9-11(12-7-4-8-17-12)10-5-2-1-3-6-10/h1-8,11H,9,14H2,(H,15,16)/t11-/m1/s1. The summed E-state index contributed by atoms with van der Waals surface area (Å²) in [6.45, 7) is 0. The van der Waals surface area contributed by atoms with E-state index in [2.05, 4.69) is 5.43 Å². The molecule has 3 N–H and O–H groups in total. The van der Waals surface area contributed by atoms with Gasteiger partial charge in [-0.05, 0) is 17.7 Å². The van der Waals surface area contributed by atoms with Crippen LogP contribution in [0.4, 0.5) is 0 Å². The lowest BCUT2D eigenvalue weighted by molar-refractivity contribution is -0.121. The molecule has 0 unspecified atom stereocenters. The number of amides is 1. The van der Waals surface area contributed by atoms with Crippen LogP contribution in [0.2, 0.25) is 0 Å². The quantitative estimate of drug-likeness (QED) is 0.478. The van der Waals surface area contributed by atoms with Crippen molar-refractivity contribution >= 4 is 5.91 Å². The molecule has 2 aromatic rings. The number of carbonyl (C=O) groups is 1. The van der Waals surface area contributed by atoms with Gasteiger partial charge in [0.2, 0.25) is 5.91 Å². The zero-order valence-corrected chi connectivity index (χ0v) is 9.30. The SMILES string of the molecule is NNC(=O)C[C@H](c1ccccc1)c1ccco1. The molecule has 0 saturated heterocycles. The molecular weight excluding hydrogens is 216 g/mol. The van der Waals surface area contributed by atoms with Gasteiger partial charge < -0.3 is 4.42 Å². The summed E-state index contributed by atoms with van der Waals surface area (Å²) in [6, 6.07) is 13.4. The predicted molar refractivity (Wildman–Crippen MR) is 63.9 cm³/mol. The molecule has 0 bridgehead atoms. The minimum atomic E-state index is -0.213. The van der Waals surface area contributed by atoms with Crippen molar-refractivity contribution in [3.63, 3.8) is 0 Å². The number of rotatable bonds is 4. The van der Waals surface area contributed by atoms with E-state index in [9.17, 15) is 4.79 Å². The fourth-order valence-corrected chi connectivity index (χ4v) is 1.80. The van der Waals surface area contributed by atoms with Crippen molar-refractivity contribution in [3.8, 4) is 0 Å². The summed E-state index contributed by atoms with van der Waals surface area (Å²) in [5.74, 6) is 5.57. The number of hydrogen-bond acceptors (Lipinski definition) is 3. The van der Waals surface area contributed by atoms with Gasteiger partial charge in [-0.1, -0.05) is 30.3 Å². The molecule has 17 heavy (non-hydrogen) atoms. The third-order valence-electron chi connectivity index (χ3n) is 2.64. The van der Waals surface area contributed by atoms with Crippen molar-refractivity contribution in [2.24, 2.45) is 5.84 Å². The Kier molecular flexibility index (Phi) is 3.57. The van der Waals surface area contributed by atoms with Crippen molar-refractivity contribution in [1.82, 2.24) is 5.43 Å². The molecule has 1 heterocycles. The van der Waals surface area contributed by atoms with E-state index in [0.717, 1.165) is 11.3 Å². The zero-order chi connectivity index (χ0) is 12.1. The van der Waals surface area contributed by atoms with Crippen LogP contribution in [-0.2, 0) is 4.79 Å². The highest BCUT2D eigenvalue weighted by Gasteiger charge is 2.19. The number of hydrogen-bond donors (Lipinski definition) is 2. The second-order valence-corrected chi connectivity index (χ2v) is 3.75. The maximum Gasteiger partial charge on any atom is 0.234 e. The second kappa shape index (κ2) is 5.32. The van der Waals surface area contributed by atoms with E-state index in [1.165, 1.54) is 0 Å². The van der Waals surface area contributed by atoms with Crippen molar-refractivity contribution in [3.05, 3.63) is 60.1 Å². The summed E-state index contributed by atoms with van der Waals surface area (Å²) < 4.78 is 5.37. The number of nitrogens with one attached hydrogen (secondary N) is 1. The van der Waals surface area contributed by atoms with Crippen LogP contribution in [-0.4, -0.2) is 5.91 Å². The van der Waals surface area contributed by atoms with E-state index in [0.29, 0.717) is 0 Å². The first-order valence-electron chi connectivity index (χ1n) is 5.39. The summed E-state index contributed by atoms with van der Waals surface area (Å²) in [4.78, 5) is 11.4. The van der Waals surface area contributed by atoms with Crippen LogP contribution >= 0.6 is 0 Å². The molecule has 1 aromatic carbocycles. The third kappa shape index (κ3) is 2.73. The Bertz CT molecular complexity index is 465. The normalized spacial score (nSPS) is 12.1. The molecule has 88 valence electrons. The van der Waals surface area contributed by atoms with Crippen LogP contribution in [0.1, 0.15) is 23.7 Å². The number of carbonyl (C=O) groups excluding carboxylic acids is 1. The van der Waals surface area contributed by atoms with Crippen LogP contribution < -0.4 is 11.3 Å². The van der Waals surface area contributed by atoms with Gasteiger partial charge in [-0.3, -0.25) is 10.2 Å². The molecule has 1 aromatic heterocycles. The van der Waals surface area contributed by atoms with Gasteiger partial charge in [0, 0.05) is 6.42 Å². The Balaban J connectivity index is 2.28. The Hall–Kier alpha value is -2.07. The smallest absolute Gasteiger partial charge is 0.234 e. The van der Waals surface area contributed by atoms with Crippen LogP contribution in [0.3, 0.4) is 0 Å². The van der Waals surface area contributed by atoms with Gasteiger partial charge >= 0.3 is 0 Å². The largest absolute Gasteiger partial charge is 0.469 e. The lowest BCUT2D eigenvalue weighted by Gasteiger charge is -2.13. The first-order chi connectivity index (χ1) is 8.31. The highest BCUT2D eigenvalue weighted by atomic mass is 16.3. The molecule has 1 atom stereocenters. The van der Waals surface area contributed by atoms with E-state index >= 15 is 0 Å². The predicted octanol–water partition coefficient (Wildman–Crippen LogP) is 1.79. The Labute approximate surface area is 99.4 Å². The van der Waals surface area contributed by atoms with Crippen LogP contribution in [0, 0.1) is 0 Å². The lowest BCUT2D eigenvalue weighted by Crippen LogP contribution is -2.31. The molecule has 4 nitrogen and oxygen atoms in total. The molecule has 0 aliphatic heterocycles. The van der Waals surface area contributed by atoms with Crippen molar-refractivity contribution in [2.75, 3.05) is 0 Å². The van der Waals surface area contributed by atoms with Gasteiger partial charge in [-0.2, -0.15) is 0 Å². The van der Waals surface area contributed by atoms with Gasteiger partial charge in [0.15, 0.2) is 0 Å². The number of nitrogens with two attached hydrogens (primary N) is 1. The molecule has 0 spiro atoms. The van der Waals surface area contributed by atoms with Gasteiger partial charge in [0.05, 0.1) is 12.2 Å². The summed E-state index contributed by atoms with van der Waals surface area (Å²) in [5, 5.41) is 0. The second-order valence-electron chi connectivity index (χ2n) is 3.75. The lowest BCUT2D eigenvalue weighted by atomic mass is 9.93. The zero-order valence-electron chi connectivity index (χ0n) is 9.30. The van der Waals surface area contributed by atoms with Gasteiger partial charge in [-0.25, -0.2) is 5.84 Å². The van der Waals surface area contributed by atoms with Gasteiger partial charge in [-0.15, -0.1) is 0 Å². The average molecular weight is 230 g/mol. The minimum absolute atomic E-state index is 0.102. The number of hydrazine groups is 1. The Morgan fingerprint density at radius 1 is 1.24 bits per heavy atom. The highest BCUT2D eigenvalue weighted by molar-refractivity contribution is 5.76. The van der Waals surface area contributed by atoms with Gasteiger partial charge in [0.25, 0.3) is 0 Å². The number of benzene rings is 1. The van der Waals surface area contributed by atoms with E-state index in [1.807, 2.05) is 42.5 Å². The number of furan rings is 1. The van der Waals surface area contributed by atoms with Crippen LogP contribution in [0.25, 0.3) is 0 Å². The van der Waals surface area contributed by atoms with Crippen molar-refractivity contribution in [2.45, 2.75) is 12.3 Å². The highest BCUT2D eigenvalue weighted by Crippen LogP contribution is 2.27. The molecule has 1 amide bonds. The molecule has 0 radical (unpaired) electrons. The summed E-state index contributed by atoms with van der Waals surface area (Å²) >= 11 is 0.